The van der Waals surface area contributed by atoms with Gasteiger partial charge in [0, 0.05) is 28.9 Å². The summed E-state index contributed by atoms with van der Waals surface area (Å²) in [6, 6.07) is 18.5. The number of fused-ring (bicyclic) bond motifs is 3. The molecule has 0 bridgehead atoms. The molecule has 3 heteroatoms. The molecule has 0 aliphatic rings. The van der Waals surface area contributed by atoms with E-state index < -0.39 is 0 Å². The van der Waals surface area contributed by atoms with Crippen LogP contribution >= 0.6 is 11.3 Å². The molecular weight excluding hydrogens is 302 g/mol. The molecule has 2 aromatic heterocycles. The molecular formula is C20H15NOS. The molecule has 0 atom stereocenters. The van der Waals surface area contributed by atoms with Crippen LogP contribution in [0.15, 0.2) is 66.1 Å². The Labute approximate surface area is 138 Å². The van der Waals surface area contributed by atoms with Crippen LogP contribution in [0.3, 0.4) is 0 Å². The second-order valence-corrected chi connectivity index (χ2v) is 6.48. The summed E-state index contributed by atoms with van der Waals surface area (Å²) in [7, 11) is 2.08. The van der Waals surface area contributed by atoms with Gasteiger partial charge in [0.2, 0.25) is 0 Å². The lowest BCUT2D eigenvalue weighted by molar-refractivity contribution is 0.105. The van der Waals surface area contributed by atoms with Gasteiger partial charge in [-0.2, -0.15) is 0 Å². The standard InChI is InChI=1S/C20H15NOS/c1-21-17-6-3-2-5-15(17)16-10-8-14(13-18(16)21)9-11-19(22)20-7-4-12-23-20/h2-13H,1H3. The van der Waals surface area contributed by atoms with Crippen molar-refractivity contribution >= 4 is 45.0 Å². The van der Waals surface area contributed by atoms with Crippen LogP contribution in [0, 0.1) is 0 Å². The summed E-state index contributed by atoms with van der Waals surface area (Å²) in [5, 5.41) is 4.42. The predicted octanol–water partition coefficient (Wildman–Crippen LogP) is 5.29. The minimum atomic E-state index is 0.0529. The van der Waals surface area contributed by atoms with E-state index in [-0.39, 0.29) is 5.78 Å². The van der Waals surface area contributed by atoms with Crippen LogP contribution in [0.2, 0.25) is 0 Å². The quantitative estimate of drug-likeness (QED) is 0.372. The summed E-state index contributed by atoms with van der Waals surface area (Å²) in [5.74, 6) is 0.0529. The molecule has 0 radical (unpaired) electrons. The van der Waals surface area contributed by atoms with Crippen LogP contribution in [-0.2, 0) is 7.05 Å². The molecule has 2 aromatic carbocycles. The number of carbonyl (C=O) groups is 1. The lowest BCUT2D eigenvalue weighted by Crippen LogP contribution is -1.89. The molecule has 0 saturated carbocycles. The predicted molar refractivity (Wildman–Crippen MR) is 98.1 cm³/mol. The van der Waals surface area contributed by atoms with E-state index in [4.69, 9.17) is 0 Å². The molecule has 0 aliphatic heterocycles. The Morgan fingerprint density at radius 1 is 1.00 bits per heavy atom. The first-order valence-electron chi connectivity index (χ1n) is 7.47. The number of para-hydroxylation sites is 1. The molecule has 4 aromatic rings. The smallest absolute Gasteiger partial charge is 0.195 e. The van der Waals surface area contributed by atoms with E-state index in [1.807, 2.05) is 23.6 Å². The Morgan fingerprint density at radius 2 is 1.83 bits per heavy atom. The van der Waals surface area contributed by atoms with E-state index in [1.54, 1.807) is 6.08 Å². The third-order valence-electron chi connectivity index (χ3n) is 4.13. The summed E-state index contributed by atoms with van der Waals surface area (Å²) in [6.07, 6.45) is 3.54. The number of allylic oxidation sites excluding steroid dienone is 1. The second-order valence-electron chi connectivity index (χ2n) is 5.53. The Balaban J connectivity index is 1.76. The topological polar surface area (TPSA) is 22.0 Å². The number of aryl methyl sites for hydroxylation is 1. The summed E-state index contributed by atoms with van der Waals surface area (Å²) in [6.45, 7) is 0. The molecule has 0 unspecified atom stereocenters. The maximum Gasteiger partial charge on any atom is 0.195 e. The van der Waals surface area contributed by atoms with Crippen molar-refractivity contribution in [2.75, 3.05) is 0 Å². The molecule has 0 aliphatic carbocycles. The maximum atomic E-state index is 12.1. The van der Waals surface area contributed by atoms with Gasteiger partial charge in [0.15, 0.2) is 5.78 Å². The zero-order valence-corrected chi connectivity index (χ0v) is 13.5. The van der Waals surface area contributed by atoms with E-state index in [1.165, 1.54) is 33.1 Å². The molecule has 0 N–H and O–H groups in total. The van der Waals surface area contributed by atoms with Crippen molar-refractivity contribution in [3.8, 4) is 0 Å². The molecule has 0 saturated heterocycles. The Kier molecular flexibility index (Phi) is 3.36. The number of benzene rings is 2. The zero-order valence-electron chi connectivity index (χ0n) is 12.7. The highest BCUT2D eigenvalue weighted by molar-refractivity contribution is 7.12. The third-order valence-corrected chi connectivity index (χ3v) is 5.01. The van der Waals surface area contributed by atoms with Gasteiger partial charge in [-0.3, -0.25) is 4.79 Å². The van der Waals surface area contributed by atoms with E-state index in [2.05, 4.69) is 54.1 Å². The molecule has 0 fully saturated rings. The molecule has 0 amide bonds. The van der Waals surface area contributed by atoms with Crippen molar-refractivity contribution in [1.29, 1.82) is 0 Å². The average molecular weight is 317 g/mol. The molecule has 4 rings (SSSR count). The Hall–Kier alpha value is -2.65. The number of ketones is 1. The maximum absolute atomic E-state index is 12.1. The largest absolute Gasteiger partial charge is 0.344 e. The van der Waals surface area contributed by atoms with Gasteiger partial charge in [0.25, 0.3) is 0 Å². The Bertz CT molecular complexity index is 1040. The Morgan fingerprint density at radius 3 is 2.65 bits per heavy atom. The lowest BCUT2D eigenvalue weighted by atomic mass is 10.1. The van der Waals surface area contributed by atoms with Crippen LogP contribution in [0.25, 0.3) is 27.9 Å². The van der Waals surface area contributed by atoms with Crippen molar-refractivity contribution in [3.63, 3.8) is 0 Å². The second kappa shape index (κ2) is 5.52. The van der Waals surface area contributed by atoms with Gasteiger partial charge in [-0.1, -0.05) is 42.5 Å². The van der Waals surface area contributed by atoms with E-state index >= 15 is 0 Å². The highest BCUT2D eigenvalue weighted by atomic mass is 32.1. The van der Waals surface area contributed by atoms with Crippen LogP contribution < -0.4 is 0 Å². The van der Waals surface area contributed by atoms with E-state index in [0.717, 1.165) is 10.4 Å². The number of carbonyl (C=O) groups excluding carboxylic acids is 1. The molecule has 2 heterocycles. The first kappa shape index (κ1) is 14.0. The first-order valence-corrected chi connectivity index (χ1v) is 8.35. The van der Waals surface area contributed by atoms with E-state index in [9.17, 15) is 4.79 Å². The van der Waals surface area contributed by atoms with Gasteiger partial charge in [-0.15, -0.1) is 11.3 Å². The summed E-state index contributed by atoms with van der Waals surface area (Å²) in [4.78, 5) is 12.8. The normalized spacial score (nSPS) is 11.7. The number of aromatic nitrogens is 1. The fraction of sp³-hybridized carbons (Fsp3) is 0.0500. The van der Waals surface area contributed by atoms with Gasteiger partial charge in [-0.05, 0) is 35.2 Å². The van der Waals surface area contributed by atoms with Crippen molar-refractivity contribution in [2.45, 2.75) is 0 Å². The van der Waals surface area contributed by atoms with Crippen LogP contribution in [-0.4, -0.2) is 10.4 Å². The average Bonchev–Trinajstić information content (AvgIpc) is 3.21. The van der Waals surface area contributed by atoms with Gasteiger partial charge in [0.1, 0.15) is 0 Å². The fourth-order valence-corrected chi connectivity index (χ4v) is 3.60. The highest BCUT2D eigenvalue weighted by Crippen LogP contribution is 2.28. The van der Waals surface area contributed by atoms with Crippen molar-refractivity contribution in [1.82, 2.24) is 4.57 Å². The van der Waals surface area contributed by atoms with Crippen LogP contribution in [0.5, 0.6) is 0 Å². The SMILES string of the molecule is Cn1c2ccccc2c2ccc(C=CC(=O)c3cccs3)cc21. The molecule has 0 spiro atoms. The summed E-state index contributed by atoms with van der Waals surface area (Å²) >= 11 is 1.47. The third kappa shape index (κ3) is 2.39. The zero-order chi connectivity index (χ0) is 15.8. The van der Waals surface area contributed by atoms with Crippen LogP contribution in [0.4, 0.5) is 0 Å². The van der Waals surface area contributed by atoms with Gasteiger partial charge < -0.3 is 4.57 Å². The van der Waals surface area contributed by atoms with Gasteiger partial charge in [0.05, 0.1) is 4.88 Å². The van der Waals surface area contributed by atoms with Gasteiger partial charge in [-0.25, -0.2) is 0 Å². The van der Waals surface area contributed by atoms with Gasteiger partial charge >= 0.3 is 0 Å². The van der Waals surface area contributed by atoms with Crippen molar-refractivity contribution in [2.24, 2.45) is 7.05 Å². The number of hydrogen-bond donors (Lipinski definition) is 0. The number of rotatable bonds is 3. The van der Waals surface area contributed by atoms with E-state index in [0.29, 0.717) is 0 Å². The molecule has 112 valence electrons. The number of hydrogen-bond acceptors (Lipinski definition) is 2. The van der Waals surface area contributed by atoms with Crippen molar-refractivity contribution < 1.29 is 4.79 Å². The lowest BCUT2D eigenvalue weighted by Gasteiger charge is -1.99. The van der Waals surface area contributed by atoms with Crippen LogP contribution in [0.1, 0.15) is 15.2 Å². The number of nitrogens with zero attached hydrogens (tertiary/aromatic N) is 1. The summed E-state index contributed by atoms with van der Waals surface area (Å²) in [5.41, 5.74) is 3.43. The monoisotopic (exact) mass is 317 g/mol. The molecule has 23 heavy (non-hydrogen) atoms. The molecule has 2 nitrogen and oxygen atoms in total. The fourth-order valence-electron chi connectivity index (χ4n) is 2.95. The minimum Gasteiger partial charge on any atom is -0.344 e. The first-order chi connectivity index (χ1) is 11.2. The summed E-state index contributed by atoms with van der Waals surface area (Å²) < 4.78 is 2.20. The highest BCUT2D eigenvalue weighted by Gasteiger charge is 2.07. The number of thiophene rings is 1. The minimum absolute atomic E-state index is 0.0529. The van der Waals surface area contributed by atoms with Crippen molar-refractivity contribution in [3.05, 3.63) is 76.5 Å².